The maximum absolute atomic E-state index is 13.1. The van der Waals surface area contributed by atoms with E-state index in [0.717, 1.165) is 36.9 Å². The molecule has 1 amide bonds. The Morgan fingerprint density at radius 2 is 1.88 bits per heavy atom. The number of nitrogens with one attached hydrogen (secondary N) is 1. The number of nitrogens with two attached hydrogens (primary N) is 1. The smallest absolute Gasteiger partial charge is 0.265 e. The number of aliphatic hydroxyl groups is 1. The zero-order valence-electron chi connectivity index (χ0n) is 21.9. The molecule has 5 aromatic rings. The molecule has 10 heteroatoms. The van der Waals surface area contributed by atoms with Crippen molar-refractivity contribution in [2.24, 2.45) is 0 Å². The van der Waals surface area contributed by atoms with E-state index >= 15 is 0 Å². The van der Waals surface area contributed by atoms with Crippen molar-refractivity contribution in [2.45, 2.75) is 45.3 Å². The van der Waals surface area contributed by atoms with E-state index in [1.54, 1.807) is 29.9 Å². The maximum atomic E-state index is 13.1. The van der Waals surface area contributed by atoms with Gasteiger partial charge < -0.3 is 20.7 Å². The molecule has 0 aliphatic heterocycles. The summed E-state index contributed by atoms with van der Waals surface area (Å²) in [4.78, 5) is 32.6. The fourth-order valence-electron chi connectivity index (χ4n) is 5.04. The number of fused-ring (bicyclic) bond motifs is 1. The van der Waals surface area contributed by atoms with Crippen molar-refractivity contribution in [1.82, 2.24) is 24.5 Å². The number of imidazole rings is 1. The molecule has 0 unspecified atom stereocenters. The third-order valence-corrected chi connectivity index (χ3v) is 8.29. The summed E-state index contributed by atoms with van der Waals surface area (Å²) in [5.41, 5.74) is 11.2. The Labute approximate surface area is 235 Å². The van der Waals surface area contributed by atoms with Gasteiger partial charge in [0.2, 0.25) is 5.95 Å². The monoisotopic (exact) mass is 551 g/mol. The van der Waals surface area contributed by atoms with Crippen LogP contribution in [0, 0.1) is 0 Å². The first-order valence-electron chi connectivity index (χ1n) is 13.3. The summed E-state index contributed by atoms with van der Waals surface area (Å²) in [5.74, 6) is 0.788. The minimum absolute atomic E-state index is 0.0965. The molecule has 9 nitrogen and oxygen atoms in total. The van der Waals surface area contributed by atoms with E-state index < -0.39 is 0 Å². The van der Waals surface area contributed by atoms with Gasteiger partial charge in [-0.3, -0.25) is 4.79 Å². The molecule has 0 saturated heterocycles. The number of carbonyl (C=O) groups is 1. The van der Waals surface area contributed by atoms with Crippen LogP contribution in [-0.4, -0.2) is 35.5 Å². The van der Waals surface area contributed by atoms with Gasteiger partial charge in [0.05, 0.1) is 17.8 Å². The van der Waals surface area contributed by atoms with Crippen molar-refractivity contribution in [3.05, 3.63) is 105 Å². The van der Waals surface area contributed by atoms with Gasteiger partial charge in [-0.15, -0.1) is 11.3 Å². The molecule has 1 aliphatic rings. The van der Waals surface area contributed by atoms with E-state index in [2.05, 4.69) is 37.4 Å². The van der Waals surface area contributed by atoms with Crippen molar-refractivity contribution in [1.29, 1.82) is 0 Å². The summed E-state index contributed by atoms with van der Waals surface area (Å²) in [7, 11) is 0. The standard InChI is InChI=1S/C30H29N7O2S/c31-30-35-27(14-19-8-10-20(11-9-19)16-37-13-12-32-18-37)34-28(36-30)22-5-3-6-24(23(22)17-38)33-29(39)26-15-21-4-1-2-7-25(21)40-26/h3,5-6,8-13,15,18,38H,1-2,4,7,14,16-17H2,(H,33,39)(H2,31,34,35,36). The highest BCUT2D eigenvalue weighted by atomic mass is 32.1. The molecule has 3 aromatic heterocycles. The first-order chi connectivity index (χ1) is 19.6. The molecule has 3 heterocycles. The first-order valence-corrected chi connectivity index (χ1v) is 14.1. The van der Waals surface area contributed by atoms with Crippen molar-refractivity contribution >= 4 is 28.9 Å². The van der Waals surface area contributed by atoms with Crippen LogP contribution in [0.3, 0.4) is 0 Å². The molecule has 0 fully saturated rings. The number of carbonyl (C=O) groups excluding carboxylic acids is 1. The summed E-state index contributed by atoms with van der Waals surface area (Å²) in [6.07, 6.45) is 10.3. The molecule has 202 valence electrons. The molecule has 2 aromatic carbocycles. The lowest BCUT2D eigenvalue weighted by atomic mass is 9.99. The van der Waals surface area contributed by atoms with Crippen molar-refractivity contribution in [2.75, 3.05) is 11.1 Å². The average Bonchev–Trinajstić information content (AvgIpc) is 3.64. The number of hydrogen-bond acceptors (Lipinski definition) is 8. The molecule has 0 spiro atoms. The quantitative estimate of drug-likeness (QED) is 0.256. The van der Waals surface area contributed by atoms with E-state index in [0.29, 0.717) is 39.8 Å². The Balaban J connectivity index is 1.23. The summed E-state index contributed by atoms with van der Waals surface area (Å²) in [6, 6.07) is 15.6. The number of rotatable bonds is 8. The molecular weight excluding hydrogens is 522 g/mol. The van der Waals surface area contributed by atoms with Crippen LogP contribution < -0.4 is 11.1 Å². The minimum Gasteiger partial charge on any atom is -0.392 e. The number of amides is 1. The third-order valence-electron chi connectivity index (χ3n) is 7.05. The van der Waals surface area contributed by atoms with Gasteiger partial charge >= 0.3 is 0 Å². The van der Waals surface area contributed by atoms with Gasteiger partial charge in [-0.1, -0.05) is 36.4 Å². The Bertz CT molecular complexity index is 1620. The Morgan fingerprint density at radius 3 is 2.65 bits per heavy atom. The highest BCUT2D eigenvalue weighted by Gasteiger charge is 2.20. The second-order valence-electron chi connectivity index (χ2n) is 9.87. The summed E-state index contributed by atoms with van der Waals surface area (Å²) in [6.45, 7) is 0.445. The van der Waals surface area contributed by atoms with Crippen molar-refractivity contribution < 1.29 is 9.90 Å². The Morgan fingerprint density at radius 1 is 1.05 bits per heavy atom. The van der Waals surface area contributed by atoms with Crippen molar-refractivity contribution in [3.8, 4) is 11.4 Å². The third kappa shape index (κ3) is 5.63. The van der Waals surface area contributed by atoms with E-state index in [1.807, 2.05) is 41.1 Å². The normalized spacial score (nSPS) is 12.7. The summed E-state index contributed by atoms with van der Waals surface area (Å²) >= 11 is 1.55. The van der Waals surface area contributed by atoms with Gasteiger partial charge in [0.1, 0.15) is 5.82 Å². The number of anilines is 2. The van der Waals surface area contributed by atoms with Crippen LogP contribution in [-0.2, 0) is 32.4 Å². The van der Waals surface area contributed by atoms with Crippen LogP contribution in [0.4, 0.5) is 11.6 Å². The number of nitrogens with zero attached hydrogens (tertiary/aromatic N) is 5. The summed E-state index contributed by atoms with van der Waals surface area (Å²) < 4.78 is 2.01. The van der Waals surface area contributed by atoms with Gasteiger partial charge in [0, 0.05) is 47.1 Å². The zero-order valence-corrected chi connectivity index (χ0v) is 22.7. The minimum atomic E-state index is -0.300. The number of thiophene rings is 1. The number of aromatic nitrogens is 5. The largest absolute Gasteiger partial charge is 0.392 e. The van der Waals surface area contributed by atoms with Gasteiger partial charge in [0.25, 0.3) is 5.91 Å². The fraction of sp³-hybridized carbons (Fsp3) is 0.233. The number of nitrogen functional groups attached to an aromatic ring is 1. The lowest BCUT2D eigenvalue weighted by Gasteiger charge is -2.14. The lowest BCUT2D eigenvalue weighted by molar-refractivity contribution is 0.103. The zero-order chi connectivity index (χ0) is 27.5. The predicted molar refractivity (Wildman–Crippen MR) is 155 cm³/mol. The Hall–Kier alpha value is -4.41. The molecule has 0 saturated carbocycles. The number of hydrogen-bond donors (Lipinski definition) is 3. The van der Waals surface area contributed by atoms with E-state index in [9.17, 15) is 9.90 Å². The SMILES string of the molecule is Nc1nc(Cc2ccc(Cn3ccnc3)cc2)nc(-c2cccc(NC(=O)c3cc4c(s3)CCCC4)c2CO)n1. The second-order valence-corrected chi connectivity index (χ2v) is 11.0. The van der Waals surface area contributed by atoms with E-state index in [1.165, 1.54) is 16.9 Å². The highest BCUT2D eigenvalue weighted by molar-refractivity contribution is 7.14. The average molecular weight is 552 g/mol. The topological polar surface area (TPSA) is 132 Å². The van der Waals surface area contributed by atoms with E-state index in [4.69, 9.17) is 5.73 Å². The molecule has 0 atom stereocenters. The molecule has 0 bridgehead atoms. The number of aryl methyl sites for hydroxylation is 2. The van der Waals surface area contributed by atoms with Crippen LogP contribution in [0.1, 0.15) is 55.5 Å². The lowest BCUT2D eigenvalue weighted by Crippen LogP contribution is -2.13. The van der Waals surface area contributed by atoms with Crippen molar-refractivity contribution in [3.63, 3.8) is 0 Å². The molecule has 4 N–H and O–H groups in total. The van der Waals surface area contributed by atoms with Gasteiger partial charge in [-0.05, 0) is 54.5 Å². The van der Waals surface area contributed by atoms with Crippen LogP contribution in [0.5, 0.6) is 0 Å². The van der Waals surface area contributed by atoms with Crippen LogP contribution >= 0.6 is 11.3 Å². The number of aliphatic hydroxyl groups excluding tert-OH is 1. The van der Waals surface area contributed by atoms with Crippen LogP contribution in [0.15, 0.2) is 67.3 Å². The van der Waals surface area contributed by atoms with Crippen LogP contribution in [0.25, 0.3) is 11.4 Å². The molecule has 1 aliphatic carbocycles. The van der Waals surface area contributed by atoms with E-state index in [-0.39, 0.29) is 18.5 Å². The van der Waals surface area contributed by atoms with Gasteiger partial charge in [0.15, 0.2) is 5.82 Å². The summed E-state index contributed by atoms with van der Waals surface area (Å²) in [5, 5.41) is 13.3. The maximum Gasteiger partial charge on any atom is 0.265 e. The molecular formula is C30H29N7O2S. The number of benzene rings is 2. The van der Waals surface area contributed by atoms with Gasteiger partial charge in [-0.25, -0.2) is 9.97 Å². The predicted octanol–water partition coefficient (Wildman–Crippen LogP) is 4.64. The molecule has 6 rings (SSSR count). The fourth-order valence-corrected chi connectivity index (χ4v) is 6.19. The highest BCUT2D eigenvalue weighted by Crippen LogP contribution is 2.32. The first kappa shape index (κ1) is 25.8. The van der Waals surface area contributed by atoms with Gasteiger partial charge in [-0.2, -0.15) is 9.97 Å². The molecule has 40 heavy (non-hydrogen) atoms. The molecule has 0 radical (unpaired) electrons. The second kappa shape index (κ2) is 11.4. The van der Waals surface area contributed by atoms with Crippen LogP contribution in [0.2, 0.25) is 0 Å². The Kier molecular flexibility index (Phi) is 7.35.